The fraction of sp³-hybridized carbons (Fsp3) is 0. The molecule has 0 unspecified atom stereocenters. The van der Waals surface area contributed by atoms with Crippen LogP contribution < -0.4 is 10.7 Å². The molecule has 108 heavy (non-hydrogen) atoms. The Labute approximate surface area is 621 Å². The highest BCUT2D eigenvalue weighted by Gasteiger charge is 2.42. The van der Waals surface area contributed by atoms with E-state index in [1.165, 1.54) is 0 Å². The summed E-state index contributed by atoms with van der Waals surface area (Å²) in [5, 5.41) is 0.421. The average molecular weight is 1400 g/mol. The molecule has 514 valence electrons. The summed E-state index contributed by atoms with van der Waals surface area (Å²) < 4.78 is 29.3. The van der Waals surface area contributed by atoms with Crippen LogP contribution in [-0.2, 0) is 18.9 Å². The normalized spacial score (nSPS) is 13.3. The summed E-state index contributed by atoms with van der Waals surface area (Å²) in [5.74, 6) is -3.28. The molecule has 2 N–H and O–H groups in total. The zero-order valence-electron chi connectivity index (χ0n) is 57.8. The van der Waals surface area contributed by atoms with Crippen LogP contribution in [0.25, 0.3) is 89.8 Å². The first-order chi connectivity index (χ1) is 53.3. The maximum atomic E-state index is 16.0. The molecule has 2 aromatic heterocycles. The van der Waals surface area contributed by atoms with E-state index in [1.807, 2.05) is 267 Å². The molecular weight excluding hydrogens is 1340 g/mol. The lowest BCUT2D eigenvalue weighted by atomic mass is 9.88. The van der Waals surface area contributed by atoms with Gasteiger partial charge in [0.2, 0.25) is 0 Å². The molecule has 0 fully saturated rings. The Balaban J connectivity index is 1.19. The number of H-pyrrole nitrogens is 2. The smallest absolute Gasteiger partial charge is 0.343 e. The van der Waals surface area contributed by atoms with Gasteiger partial charge < -0.3 is 28.9 Å². The molecule has 14 aromatic rings. The highest BCUT2D eigenvalue weighted by atomic mass is 16.6. The minimum atomic E-state index is -0.747. The number of carbonyl (C=O) groups excluding carboxylic acids is 4. The number of nitrogens with zero attached hydrogens (tertiary/aromatic N) is 2. The summed E-state index contributed by atoms with van der Waals surface area (Å²) >= 11 is 0. The van der Waals surface area contributed by atoms with Crippen LogP contribution in [-0.4, -0.2) is 45.3 Å². The SMILES string of the molecule is O=C(OC1=C2N=C(C(c3ccccc3)=C2c2ccccc2)C(OC(=O)c2ccccc2)=c2[nH]c(c(-c3ccccc3)c2-c2ccccc2)=C(OC(=O)c2ccccc2)C2=NC(=C(OC(=O)c3ccccc3)c3[nH]c1c(-c1ccccc1)c3-c1ccccc1)C(c1ccccc1)=C2c1ccccc1)c1ccccc1. The van der Waals surface area contributed by atoms with E-state index in [-0.39, 0.29) is 90.2 Å². The van der Waals surface area contributed by atoms with Crippen LogP contribution in [0.5, 0.6) is 0 Å². The van der Waals surface area contributed by atoms with E-state index in [1.54, 1.807) is 97.1 Å². The number of hydrogen-bond donors (Lipinski definition) is 2. The molecule has 0 saturated heterocycles. The Kier molecular flexibility index (Phi) is 18.1. The van der Waals surface area contributed by atoms with Gasteiger partial charge in [-0.1, -0.05) is 315 Å². The van der Waals surface area contributed by atoms with Crippen molar-refractivity contribution in [3.8, 4) is 44.5 Å². The van der Waals surface area contributed by atoms with E-state index >= 15 is 19.2 Å². The lowest BCUT2D eigenvalue weighted by Crippen LogP contribution is -2.26. The number of aliphatic imine (C=N–C) groups is 2. The minimum absolute atomic E-state index is 0.0729. The van der Waals surface area contributed by atoms with Crippen molar-refractivity contribution in [1.82, 2.24) is 9.97 Å². The van der Waals surface area contributed by atoms with Gasteiger partial charge in [0.1, 0.15) is 22.8 Å². The Morgan fingerprint density at radius 1 is 0.213 bits per heavy atom. The highest BCUT2D eigenvalue weighted by molar-refractivity contribution is 6.50. The summed E-state index contributed by atoms with van der Waals surface area (Å²) in [6, 6.07) is 112. The van der Waals surface area contributed by atoms with Crippen LogP contribution in [0.2, 0.25) is 0 Å². The van der Waals surface area contributed by atoms with E-state index in [4.69, 9.17) is 28.9 Å². The number of hydrogen-bond acceptors (Lipinski definition) is 10. The maximum absolute atomic E-state index is 16.0. The van der Waals surface area contributed by atoms with Crippen molar-refractivity contribution in [2.24, 2.45) is 9.98 Å². The Hall–Kier alpha value is -14.9. The molecule has 0 spiro atoms. The summed E-state index contributed by atoms with van der Waals surface area (Å²) in [4.78, 5) is 83.6. The molecule has 0 radical (unpaired) electrons. The van der Waals surface area contributed by atoms with Crippen LogP contribution in [0.4, 0.5) is 0 Å². The van der Waals surface area contributed by atoms with E-state index in [2.05, 4.69) is 9.97 Å². The first kappa shape index (κ1) is 66.4. The molecule has 12 aromatic carbocycles. The molecule has 0 amide bonds. The third-order valence-electron chi connectivity index (χ3n) is 19.0. The lowest BCUT2D eigenvalue weighted by Gasteiger charge is -2.17. The summed E-state index contributed by atoms with van der Waals surface area (Å²) in [6.07, 6.45) is 0. The Morgan fingerprint density at radius 3 is 0.667 bits per heavy atom. The first-order valence-electron chi connectivity index (χ1n) is 35.3. The lowest BCUT2D eigenvalue weighted by molar-refractivity contribution is 0.0682. The number of benzene rings is 12. The third kappa shape index (κ3) is 12.7. The molecule has 3 aliphatic rings. The van der Waals surface area contributed by atoms with Gasteiger partial charge in [-0.15, -0.1) is 0 Å². The van der Waals surface area contributed by atoms with Crippen molar-refractivity contribution in [3.05, 3.63) is 442 Å². The Bertz CT molecular complexity index is 5770. The van der Waals surface area contributed by atoms with Crippen molar-refractivity contribution in [1.29, 1.82) is 0 Å². The van der Waals surface area contributed by atoms with Gasteiger partial charge in [-0.05, 0) is 93.0 Å². The van der Waals surface area contributed by atoms with Crippen LogP contribution in [0.1, 0.15) is 75.1 Å². The Morgan fingerprint density at radius 2 is 0.417 bits per heavy atom. The second-order valence-corrected chi connectivity index (χ2v) is 25.6. The predicted molar refractivity (Wildman–Crippen MR) is 425 cm³/mol. The minimum Gasteiger partial charge on any atom is -0.418 e. The molecular formula is C96H62N4O8. The molecule has 1 aliphatic carbocycles. The average Bonchev–Trinajstić information content (AvgIpc) is 1.56. The van der Waals surface area contributed by atoms with Crippen LogP contribution >= 0.6 is 0 Å². The van der Waals surface area contributed by atoms with Crippen molar-refractivity contribution in [2.75, 3.05) is 0 Å². The number of aromatic amines is 2. The molecule has 12 nitrogen and oxygen atoms in total. The second-order valence-electron chi connectivity index (χ2n) is 25.6. The third-order valence-corrected chi connectivity index (χ3v) is 19.0. The van der Waals surface area contributed by atoms with Crippen molar-refractivity contribution >= 4 is 80.6 Å². The zero-order chi connectivity index (χ0) is 72.9. The van der Waals surface area contributed by atoms with E-state index in [0.29, 0.717) is 89.1 Å². The number of aromatic nitrogens is 2. The van der Waals surface area contributed by atoms with E-state index in [9.17, 15) is 0 Å². The molecule has 12 heteroatoms. The maximum Gasteiger partial charge on any atom is 0.343 e. The van der Waals surface area contributed by atoms with E-state index < -0.39 is 23.9 Å². The van der Waals surface area contributed by atoms with Gasteiger partial charge in [-0.25, -0.2) is 29.2 Å². The number of esters is 4. The molecule has 0 atom stereocenters. The molecule has 2 aliphatic heterocycles. The first-order valence-corrected chi connectivity index (χ1v) is 35.3. The van der Waals surface area contributed by atoms with Gasteiger partial charge in [-0.3, -0.25) is 0 Å². The quantitative estimate of drug-likeness (QED) is 0.0714. The van der Waals surface area contributed by atoms with Crippen molar-refractivity contribution in [3.63, 3.8) is 0 Å². The zero-order valence-corrected chi connectivity index (χ0v) is 57.8. The van der Waals surface area contributed by atoms with Crippen molar-refractivity contribution < 1.29 is 38.1 Å². The standard InChI is InChI=1S/C96H62N4O8/c101-93(69-53-29-9-30-54-69)105-89-81-73(61-37-13-1-14-38-61)74(62-39-15-2-16-40-62)82(97-81)90(106-94(102)70-55-31-10-32-56-70)84-77(65-45-21-5-22-46-65)78(66-47-23-6-24-48-66)86(99-84)92(108-96(104)72-59-35-12-36-60-72)88-80(68-51-27-8-28-52-68)79(67-49-25-7-26-50-67)87(100-88)91(107-95(103)71-57-33-11-34-58-71)85-76(64-43-19-4-20-44-64)75(83(89)98-85)63-41-17-3-18-42-63/h1-60,97,100H. The van der Waals surface area contributed by atoms with Crippen molar-refractivity contribution in [2.45, 2.75) is 0 Å². The largest absolute Gasteiger partial charge is 0.418 e. The van der Waals surface area contributed by atoms with Crippen LogP contribution in [0.3, 0.4) is 0 Å². The molecule has 4 heterocycles. The van der Waals surface area contributed by atoms with Gasteiger partial charge in [0, 0.05) is 44.5 Å². The molecule has 17 rings (SSSR count). The van der Waals surface area contributed by atoms with Gasteiger partial charge in [0.05, 0.1) is 44.3 Å². The summed E-state index contributed by atoms with van der Waals surface area (Å²) in [6.45, 7) is 0. The van der Waals surface area contributed by atoms with Gasteiger partial charge in [0.25, 0.3) is 0 Å². The number of nitrogens with one attached hydrogen (secondary N) is 2. The second kappa shape index (κ2) is 29.5. The number of ether oxygens (including phenoxy) is 4. The summed E-state index contributed by atoms with van der Waals surface area (Å²) in [5.41, 5.74) is 10.6. The predicted octanol–water partition coefficient (Wildman–Crippen LogP) is 19.8. The van der Waals surface area contributed by atoms with Crippen LogP contribution in [0, 0.1) is 0 Å². The van der Waals surface area contributed by atoms with E-state index in [0.717, 1.165) is 0 Å². The molecule has 0 saturated carbocycles. The topological polar surface area (TPSA) is 162 Å². The van der Waals surface area contributed by atoms with Crippen LogP contribution in [0.15, 0.2) is 385 Å². The number of allylic oxidation sites excluding steroid dienone is 2. The highest BCUT2D eigenvalue weighted by Crippen LogP contribution is 2.53. The summed E-state index contributed by atoms with van der Waals surface area (Å²) in [7, 11) is 0. The fourth-order valence-corrected chi connectivity index (χ4v) is 14.2. The molecule has 8 bridgehead atoms. The van der Waals surface area contributed by atoms with Gasteiger partial charge in [0.15, 0.2) is 23.0 Å². The monoisotopic (exact) mass is 1400 g/mol. The number of rotatable bonds is 16. The number of fused-ring (bicyclic) bond motifs is 10. The van der Waals surface area contributed by atoms with Gasteiger partial charge in [-0.2, -0.15) is 0 Å². The van der Waals surface area contributed by atoms with Gasteiger partial charge >= 0.3 is 23.9 Å². The number of carbonyl (C=O) groups is 4. The fourth-order valence-electron chi connectivity index (χ4n) is 14.2.